The van der Waals surface area contributed by atoms with E-state index < -0.39 is 10.1 Å². The van der Waals surface area contributed by atoms with Gasteiger partial charge < -0.3 is 4.18 Å². The lowest BCUT2D eigenvalue weighted by Crippen LogP contribution is -2.15. The predicted octanol–water partition coefficient (Wildman–Crippen LogP) is 4.95. The first-order valence-electron chi connectivity index (χ1n) is 7.79. The van der Waals surface area contributed by atoms with E-state index in [-0.39, 0.29) is 17.6 Å². The maximum absolute atomic E-state index is 12.1. The van der Waals surface area contributed by atoms with Crippen LogP contribution in [0.1, 0.15) is 76.0 Å². The fourth-order valence-electron chi connectivity index (χ4n) is 2.29. The molecule has 0 N–H and O–H groups in total. The summed E-state index contributed by atoms with van der Waals surface area (Å²) < 4.78 is 29.6. The molecule has 0 aromatic heterocycles. The third kappa shape index (κ3) is 4.60. The molecule has 22 heavy (non-hydrogen) atoms. The summed E-state index contributed by atoms with van der Waals surface area (Å²) in [5.41, 5.74) is 3.10. The Bertz CT molecular complexity index is 597. The van der Waals surface area contributed by atoms with E-state index in [0.717, 1.165) is 11.1 Å². The van der Waals surface area contributed by atoms with Crippen LogP contribution in [0, 0.1) is 0 Å². The average Bonchev–Trinajstić information content (AvgIpc) is 2.37. The molecule has 0 atom stereocenters. The first kappa shape index (κ1) is 18.8. The highest BCUT2D eigenvalue weighted by Crippen LogP contribution is 2.38. The number of benzene rings is 1. The molecule has 4 heteroatoms. The van der Waals surface area contributed by atoms with Crippen LogP contribution >= 0.6 is 0 Å². The SMILES string of the molecule is C=CCS(=O)(=O)Oc1c(C(C)C)cc(C(C)C)cc1C(C)C. The van der Waals surface area contributed by atoms with E-state index in [1.165, 1.54) is 11.6 Å². The van der Waals surface area contributed by atoms with E-state index >= 15 is 0 Å². The normalized spacial score (nSPS) is 12.2. The van der Waals surface area contributed by atoms with Crippen molar-refractivity contribution in [3.8, 4) is 5.75 Å². The van der Waals surface area contributed by atoms with Gasteiger partial charge in [0.1, 0.15) is 11.5 Å². The molecule has 0 radical (unpaired) electrons. The highest BCUT2D eigenvalue weighted by molar-refractivity contribution is 7.87. The second-order valence-corrected chi connectivity index (χ2v) is 8.20. The van der Waals surface area contributed by atoms with Gasteiger partial charge >= 0.3 is 10.1 Å². The van der Waals surface area contributed by atoms with Crippen LogP contribution in [-0.2, 0) is 10.1 Å². The van der Waals surface area contributed by atoms with Crippen molar-refractivity contribution in [3.63, 3.8) is 0 Å². The lowest BCUT2D eigenvalue weighted by atomic mass is 9.88. The van der Waals surface area contributed by atoms with Gasteiger partial charge in [0.15, 0.2) is 0 Å². The molecular formula is C18H28O3S. The summed E-state index contributed by atoms with van der Waals surface area (Å²) in [6.45, 7) is 16.0. The molecule has 1 aromatic rings. The molecule has 0 fully saturated rings. The molecule has 0 saturated carbocycles. The van der Waals surface area contributed by atoms with Crippen LogP contribution in [-0.4, -0.2) is 14.2 Å². The molecule has 0 aliphatic heterocycles. The van der Waals surface area contributed by atoms with Gasteiger partial charge in [0.2, 0.25) is 0 Å². The topological polar surface area (TPSA) is 43.4 Å². The second-order valence-electron chi connectivity index (χ2n) is 6.59. The molecule has 0 aliphatic rings. The maximum Gasteiger partial charge on any atom is 0.312 e. The molecule has 0 spiro atoms. The monoisotopic (exact) mass is 324 g/mol. The number of hydrogen-bond acceptors (Lipinski definition) is 3. The Morgan fingerprint density at radius 3 is 1.77 bits per heavy atom. The van der Waals surface area contributed by atoms with Gasteiger partial charge in [-0.25, -0.2) is 0 Å². The van der Waals surface area contributed by atoms with E-state index in [1.54, 1.807) is 0 Å². The van der Waals surface area contributed by atoms with Crippen molar-refractivity contribution in [1.82, 2.24) is 0 Å². The molecule has 0 amide bonds. The van der Waals surface area contributed by atoms with Gasteiger partial charge in [-0.05, 0) is 34.4 Å². The summed E-state index contributed by atoms with van der Waals surface area (Å²) in [5.74, 6) is 1.06. The Morgan fingerprint density at radius 1 is 1.00 bits per heavy atom. The number of hydrogen-bond donors (Lipinski definition) is 0. The molecule has 0 aliphatic carbocycles. The quantitative estimate of drug-likeness (QED) is 0.526. The van der Waals surface area contributed by atoms with E-state index in [2.05, 4.69) is 60.3 Å². The lowest BCUT2D eigenvalue weighted by Gasteiger charge is -2.22. The van der Waals surface area contributed by atoms with Crippen LogP contribution in [0.2, 0.25) is 0 Å². The summed E-state index contributed by atoms with van der Waals surface area (Å²) in [5, 5.41) is 0. The molecule has 0 unspecified atom stereocenters. The highest BCUT2D eigenvalue weighted by atomic mass is 32.2. The van der Waals surface area contributed by atoms with E-state index in [1.807, 2.05) is 0 Å². The standard InChI is InChI=1S/C18H28O3S/c1-8-9-22(19,20)21-18-16(13(4)5)10-15(12(2)3)11-17(18)14(6)7/h8,10-14H,1,9H2,2-7H3. The average molecular weight is 324 g/mol. The Hall–Kier alpha value is -1.29. The first-order chi connectivity index (χ1) is 10.1. The fraction of sp³-hybridized carbons (Fsp3) is 0.556. The molecule has 0 saturated heterocycles. The molecule has 0 heterocycles. The minimum atomic E-state index is -3.65. The molecule has 3 nitrogen and oxygen atoms in total. The van der Waals surface area contributed by atoms with Gasteiger partial charge in [-0.15, -0.1) is 6.58 Å². The second kappa shape index (κ2) is 7.32. The smallest absolute Gasteiger partial charge is 0.312 e. The van der Waals surface area contributed by atoms with Crippen LogP contribution in [0.15, 0.2) is 24.8 Å². The van der Waals surface area contributed by atoms with Gasteiger partial charge in [-0.2, -0.15) is 8.42 Å². The van der Waals surface area contributed by atoms with Crippen molar-refractivity contribution >= 4 is 10.1 Å². The summed E-state index contributed by atoms with van der Waals surface area (Å²) in [6.07, 6.45) is 1.35. The van der Waals surface area contributed by atoms with Crippen LogP contribution in [0.5, 0.6) is 5.75 Å². The zero-order valence-corrected chi connectivity index (χ0v) is 15.3. The third-order valence-electron chi connectivity index (χ3n) is 3.61. The van der Waals surface area contributed by atoms with Crippen LogP contribution < -0.4 is 4.18 Å². The van der Waals surface area contributed by atoms with Crippen molar-refractivity contribution in [2.45, 2.75) is 59.3 Å². The summed E-state index contributed by atoms with van der Waals surface area (Å²) >= 11 is 0. The molecule has 0 bridgehead atoms. The van der Waals surface area contributed by atoms with Crippen molar-refractivity contribution < 1.29 is 12.6 Å². The van der Waals surface area contributed by atoms with Crippen molar-refractivity contribution in [2.24, 2.45) is 0 Å². The first-order valence-corrected chi connectivity index (χ1v) is 9.37. The third-order valence-corrected chi connectivity index (χ3v) is 4.68. The van der Waals surface area contributed by atoms with Crippen LogP contribution in [0.25, 0.3) is 0 Å². The van der Waals surface area contributed by atoms with E-state index in [9.17, 15) is 8.42 Å². The highest BCUT2D eigenvalue weighted by Gasteiger charge is 2.22. The molecule has 1 aromatic carbocycles. The van der Waals surface area contributed by atoms with Crippen molar-refractivity contribution in [1.29, 1.82) is 0 Å². The zero-order valence-electron chi connectivity index (χ0n) is 14.5. The number of rotatable bonds is 7. The van der Waals surface area contributed by atoms with Gasteiger partial charge in [0.25, 0.3) is 0 Å². The summed E-state index contributed by atoms with van der Waals surface area (Å²) in [7, 11) is -3.65. The minimum Gasteiger partial charge on any atom is -0.382 e. The Kier molecular flexibility index (Phi) is 6.24. The Labute approximate surface area is 135 Å². The van der Waals surface area contributed by atoms with Crippen LogP contribution in [0.4, 0.5) is 0 Å². The van der Waals surface area contributed by atoms with E-state index in [4.69, 9.17) is 4.18 Å². The zero-order chi connectivity index (χ0) is 17.1. The van der Waals surface area contributed by atoms with Gasteiger partial charge in [0.05, 0.1) is 0 Å². The van der Waals surface area contributed by atoms with Gasteiger partial charge in [-0.1, -0.05) is 59.8 Å². The minimum absolute atomic E-state index is 0.185. The molecular weight excluding hydrogens is 296 g/mol. The predicted molar refractivity (Wildman–Crippen MR) is 93.3 cm³/mol. The summed E-state index contributed by atoms with van der Waals surface area (Å²) in [6, 6.07) is 4.14. The van der Waals surface area contributed by atoms with Crippen molar-refractivity contribution in [2.75, 3.05) is 5.75 Å². The van der Waals surface area contributed by atoms with Gasteiger partial charge in [0, 0.05) is 0 Å². The molecule has 124 valence electrons. The van der Waals surface area contributed by atoms with E-state index in [0.29, 0.717) is 11.7 Å². The Morgan fingerprint density at radius 2 is 1.45 bits per heavy atom. The maximum atomic E-state index is 12.1. The fourth-order valence-corrected chi connectivity index (χ4v) is 3.09. The van der Waals surface area contributed by atoms with Crippen LogP contribution in [0.3, 0.4) is 0 Å². The molecule has 1 rings (SSSR count). The lowest BCUT2D eigenvalue weighted by molar-refractivity contribution is 0.479. The van der Waals surface area contributed by atoms with Gasteiger partial charge in [-0.3, -0.25) is 0 Å². The largest absolute Gasteiger partial charge is 0.382 e. The Balaban J connectivity index is 3.55. The van der Waals surface area contributed by atoms with Crippen molar-refractivity contribution in [3.05, 3.63) is 41.5 Å². The summed E-state index contributed by atoms with van der Waals surface area (Å²) in [4.78, 5) is 0.